The van der Waals surface area contributed by atoms with Gasteiger partial charge < -0.3 is 14.7 Å². The van der Waals surface area contributed by atoms with E-state index in [1.807, 2.05) is 12.1 Å². The molecule has 0 radical (unpaired) electrons. The van der Waals surface area contributed by atoms with Gasteiger partial charge in [0, 0.05) is 38.8 Å². The zero-order valence-corrected chi connectivity index (χ0v) is 11.9. The molecule has 0 unspecified atom stereocenters. The largest absolute Gasteiger partial charge is 0.497 e. The summed E-state index contributed by atoms with van der Waals surface area (Å²) in [5.74, 6) is 0.903. The maximum absolute atomic E-state index is 9.11. The molecule has 1 heterocycles. The van der Waals surface area contributed by atoms with E-state index >= 15 is 0 Å². The Labute approximate surface area is 115 Å². The highest BCUT2D eigenvalue weighted by Gasteiger charge is 2.23. The summed E-state index contributed by atoms with van der Waals surface area (Å²) in [5, 5.41) is 9.11. The summed E-state index contributed by atoms with van der Waals surface area (Å²) in [7, 11) is 3.83. The summed E-state index contributed by atoms with van der Waals surface area (Å²) in [6.07, 6.45) is 0.857. The highest BCUT2D eigenvalue weighted by Crippen LogP contribution is 2.16. The quantitative estimate of drug-likeness (QED) is 0.867. The number of aliphatic hydroxyl groups excluding tert-OH is 1. The van der Waals surface area contributed by atoms with Crippen LogP contribution in [0.15, 0.2) is 24.3 Å². The molecule has 1 N–H and O–H groups in total. The maximum Gasteiger partial charge on any atom is 0.118 e. The van der Waals surface area contributed by atoms with Crippen molar-refractivity contribution in [3.63, 3.8) is 0 Å². The van der Waals surface area contributed by atoms with Crippen molar-refractivity contribution >= 4 is 0 Å². The van der Waals surface area contributed by atoms with Crippen LogP contribution in [-0.2, 0) is 6.54 Å². The van der Waals surface area contributed by atoms with Gasteiger partial charge in [-0.3, -0.25) is 4.90 Å². The molecule has 1 aromatic rings. The van der Waals surface area contributed by atoms with E-state index in [9.17, 15) is 0 Å². The Morgan fingerprint density at radius 3 is 2.63 bits per heavy atom. The van der Waals surface area contributed by atoms with Gasteiger partial charge in [-0.15, -0.1) is 0 Å². The average Bonchev–Trinajstić information content (AvgIpc) is 2.44. The number of methoxy groups -OCH3 is 1. The predicted molar refractivity (Wildman–Crippen MR) is 76.4 cm³/mol. The highest BCUT2D eigenvalue weighted by atomic mass is 16.5. The fourth-order valence-corrected chi connectivity index (χ4v) is 2.60. The summed E-state index contributed by atoms with van der Waals surface area (Å²) in [4.78, 5) is 4.81. The molecule has 0 spiro atoms. The molecular formula is C15H24N2O2. The minimum absolute atomic E-state index is 0.269. The molecule has 19 heavy (non-hydrogen) atoms. The Morgan fingerprint density at radius 2 is 2.00 bits per heavy atom. The molecule has 0 aliphatic carbocycles. The van der Waals surface area contributed by atoms with Crippen molar-refractivity contribution in [2.24, 2.45) is 0 Å². The van der Waals surface area contributed by atoms with Gasteiger partial charge in [0.1, 0.15) is 5.75 Å². The molecule has 2 rings (SSSR count). The van der Waals surface area contributed by atoms with Crippen molar-refractivity contribution in [3.8, 4) is 5.75 Å². The molecule has 0 aromatic heterocycles. The fourth-order valence-electron chi connectivity index (χ4n) is 2.60. The first-order chi connectivity index (χ1) is 9.22. The third kappa shape index (κ3) is 3.93. The van der Waals surface area contributed by atoms with Gasteiger partial charge in [-0.25, -0.2) is 0 Å². The Bertz CT molecular complexity index is 380. The van der Waals surface area contributed by atoms with Crippen LogP contribution in [0.5, 0.6) is 5.75 Å². The van der Waals surface area contributed by atoms with Crippen LogP contribution in [0.4, 0.5) is 0 Å². The SMILES string of the molecule is COc1ccc(CN2CCN(C)[C@@H](CCO)C2)cc1. The number of aliphatic hydroxyl groups is 1. The van der Waals surface area contributed by atoms with Crippen molar-refractivity contribution in [3.05, 3.63) is 29.8 Å². The van der Waals surface area contributed by atoms with Crippen molar-refractivity contribution in [1.82, 2.24) is 9.80 Å². The molecule has 0 bridgehead atoms. The second-order valence-corrected chi connectivity index (χ2v) is 5.23. The van der Waals surface area contributed by atoms with Crippen molar-refractivity contribution < 1.29 is 9.84 Å². The standard InChI is InChI=1S/C15H24N2O2/c1-16-8-9-17(12-14(16)7-10-18)11-13-3-5-15(19-2)6-4-13/h3-6,14,18H,7-12H2,1-2H3/t14-/m0/s1. The number of hydrogen-bond acceptors (Lipinski definition) is 4. The first-order valence-electron chi connectivity index (χ1n) is 6.89. The number of benzene rings is 1. The molecule has 0 saturated carbocycles. The average molecular weight is 264 g/mol. The lowest BCUT2D eigenvalue weighted by Crippen LogP contribution is -2.51. The van der Waals surface area contributed by atoms with Gasteiger partial charge >= 0.3 is 0 Å². The maximum atomic E-state index is 9.11. The van der Waals surface area contributed by atoms with Gasteiger partial charge in [-0.2, -0.15) is 0 Å². The number of likely N-dealkylation sites (N-methyl/N-ethyl adjacent to an activating group) is 1. The molecule has 1 saturated heterocycles. The highest BCUT2D eigenvalue weighted by molar-refractivity contribution is 5.27. The molecule has 1 aliphatic rings. The van der Waals surface area contributed by atoms with Gasteiger partial charge in [-0.05, 0) is 31.2 Å². The van der Waals surface area contributed by atoms with E-state index in [-0.39, 0.29) is 6.61 Å². The Kier molecular flexibility index (Phi) is 5.19. The van der Waals surface area contributed by atoms with Crippen molar-refractivity contribution in [2.75, 3.05) is 40.4 Å². The summed E-state index contributed by atoms with van der Waals surface area (Å²) >= 11 is 0. The van der Waals surface area contributed by atoms with E-state index in [0.29, 0.717) is 6.04 Å². The first kappa shape index (κ1) is 14.3. The lowest BCUT2D eigenvalue weighted by molar-refractivity contribution is 0.0743. The lowest BCUT2D eigenvalue weighted by atomic mass is 10.1. The number of rotatable bonds is 5. The van der Waals surface area contributed by atoms with Gasteiger partial charge in [0.15, 0.2) is 0 Å². The van der Waals surface area contributed by atoms with Crippen LogP contribution < -0.4 is 4.74 Å². The summed E-state index contributed by atoms with van der Waals surface area (Å²) in [6, 6.07) is 8.74. The molecular weight excluding hydrogens is 240 g/mol. The molecule has 4 heteroatoms. The molecule has 0 amide bonds. The second-order valence-electron chi connectivity index (χ2n) is 5.23. The fraction of sp³-hybridized carbons (Fsp3) is 0.600. The second kappa shape index (κ2) is 6.89. The smallest absolute Gasteiger partial charge is 0.118 e. The molecule has 4 nitrogen and oxygen atoms in total. The normalized spacial score (nSPS) is 21.5. The molecule has 1 aromatic carbocycles. The molecule has 1 fully saturated rings. The van der Waals surface area contributed by atoms with Gasteiger partial charge in [0.2, 0.25) is 0 Å². The molecule has 1 atom stereocenters. The van der Waals surface area contributed by atoms with E-state index in [1.54, 1.807) is 7.11 Å². The van der Waals surface area contributed by atoms with Gasteiger partial charge in [0.25, 0.3) is 0 Å². The Morgan fingerprint density at radius 1 is 1.26 bits per heavy atom. The van der Waals surface area contributed by atoms with Crippen molar-refractivity contribution in [2.45, 2.75) is 19.0 Å². The van der Waals surface area contributed by atoms with Crippen LogP contribution in [0.2, 0.25) is 0 Å². The number of nitrogens with zero attached hydrogens (tertiary/aromatic N) is 2. The van der Waals surface area contributed by atoms with Crippen LogP contribution in [0.1, 0.15) is 12.0 Å². The minimum Gasteiger partial charge on any atom is -0.497 e. The van der Waals surface area contributed by atoms with Crippen LogP contribution in [0.3, 0.4) is 0 Å². The molecule has 106 valence electrons. The monoisotopic (exact) mass is 264 g/mol. The van der Waals surface area contributed by atoms with Gasteiger partial charge in [-0.1, -0.05) is 12.1 Å². The predicted octanol–water partition coefficient (Wildman–Crippen LogP) is 1.19. The Hall–Kier alpha value is -1.10. The third-order valence-corrected chi connectivity index (χ3v) is 3.89. The number of piperazine rings is 1. The number of hydrogen-bond donors (Lipinski definition) is 1. The number of ether oxygens (including phenoxy) is 1. The first-order valence-corrected chi connectivity index (χ1v) is 6.89. The van der Waals surface area contributed by atoms with E-state index in [2.05, 4.69) is 29.0 Å². The Balaban J connectivity index is 1.91. The molecule has 1 aliphatic heterocycles. The zero-order chi connectivity index (χ0) is 13.7. The van der Waals surface area contributed by atoms with E-state index in [1.165, 1.54) is 5.56 Å². The summed E-state index contributed by atoms with van der Waals surface area (Å²) in [6.45, 7) is 4.43. The third-order valence-electron chi connectivity index (χ3n) is 3.89. The van der Waals surface area contributed by atoms with E-state index in [0.717, 1.165) is 38.3 Å². The zero-order valence-electron chi connectivity index (χ0n) is 11.9. The van der Waals surface area contributed by atoms with Crippen LogP contribution in [-0.4, -0.2) is 61.3 Å². The van der Waals surface area contributed by atoms with Crippen LogP contribution in [0.25, 0.3) is 0 Å². The van der Waals surface area contributed by atoms with Crippen LogP contribution >= 0.6 is 0 Å². The van der Waals surface area contributed by atoms with E-state index in [4.69, 9.17) is 9.84 Å². The summed E-state index contributed by atoms with van der Waals surface area (Å²) < 4.78 is 5.17. The van der Waals surface area contributed by atoms with Gasteiger partial charge in [0.05, 0.1) is 7.11 Å². The lowest BCUT2D eigenvalue weighted by Gasteiger charge is -2.39. The van der Waals surface area contributed by atoms with E-state index < -0.39 is 0 Å². The van der Waals surface area contributed by atoms with Crippen LogP contribution in [0, 0.1) is 0 Å². The topological polar surface area (TPSA) is 35.9 Å². The minimum atomic E-state index is 0.269. The summed E-state index contributed by atoms with van der Waals surface area (Å²) in [5.41, 5.74) is 1.31. The van der Waals surface area contributed by atoms with Crippen molar-refractivity contribution in [1.29, 1.82) is 0 Å².